The van der Waals surface area contributed by atoms with Gasteiger partial charge in [-0.1, -0.05) is 5.16 Å². The second-order valence-electron chi connectivity index (χ2n) is 5.40. The number of amides is 2. The Bertz CT molecular complexity index is 819. The molecule has 0 bridgehead atoms. The lowest BCUT2D eigenvalue weighted by atomic mass is 10.1. The molecule has 26 heavy (non-hydrogen) atoms. The van der Waals surface area contributed by atoms with Crippen molar-refractivity contribution in [2.45, 2.75) is 19.5 Å². The Balaban J connectivity index is 2.34. The molecule has 0 atom stereocenters. The van der Waals surface area contributed by atoms with E-state index in [9.17, 15) is 22.8 Å². The number of benzene rings is 1. The third-order valence-corrected chi connectivity index (χ3v) is 3.35. The highest BCUT2D eigenvalue weighted by Crippen LogP contribution is 2.35. The molecule has 140 valence electrons. The molecule has 1 aromatic heterocycles. The van der Waals surface area contributed by atoms with E-state index >= 15 is 0 Å². The predicted octanol–water partition coefficient (Wildman–Crippen LogP) is 3.00. The molecule has 0 saturated heterocycles. The van der Waals surface area contributed by atoms with E-state index in [2.05, 4.69) is 15.5 Å². The van der Waals surface area contributed by atoms with Gasteiger partial charge in [-0.05, 0) is 25.1 Å². The largest absolute Gasteiger partial charge is 0.481 e. The molecule has 0 aliphatic heterocycles. The Labute approximate surface area is 145 Å². The molecule has 0 unspecified atom stereocenters. The van der Waals surface area contributed by atoms with Crippen molar-refractivity contribution in [3.05, 3.63) is 29.6 Å². The van der Waals surface area contributed by atoms with Crippen LogP contribution >= 0.6 is 0 Å². The lowest BCUT2D eigenvalue weighted by Gasteiger charge is -2.19. The van der Waals surface area contributed by atoms with Crippen molar-refractivity contribution in [1.29, 1.82) is 0 Å². The molecule has 0 fully saturated rings. The van der Waals surface area contributed by atoms with Crippen molar-refractivity contribution >= 4 is 17.7 Å². The summed E-state index contributed by atoms with van der Waals surface area (Å²) in [7, 11) is 1.32. The fourth-order valence-corrected chi connectivity index (χ4v) is 1.99. The highest BCUT2D eigenvalue weighted by Gasteiger charge is 2.32. The normalized spacial score (nSPS) is 11.3. The Morgan fingerprint density at radius 1 is 1.35 bits per heavy atom. The Kier molecular flexibility index (Phi) is 5.48. The second kappa shape index (κ2) is 7.42. The Morgan fingerprint density at radius 2 is 2.04 bits per heavy atom. The standard InChI is InChI=1S/C15H15F3N4O4/c1-8-19-13(26-21-8)10-4-3-9(15(16,17)18)7-11(10)20-14(25)22(2)6-5-12(23)24/h3-4,7H,5-6H2,1-2H3,(H,20,25)(H,23,24). The maximum Gasteiger partial charge on any atom is 0.416 e. The highest BCUT2D eigenvalue weighted by molar-refractivity contribution is 5.93. The van der Waals surface area contributed by atoms with E-state index in [1.54, 1.807) is 0 Å². The van der Waals surface area contributed by atoms with Gasteiger partial charge in [0.2, 0.25) is 0 Å². The van der Waals surface area contributed by atoms with Gasteiger partial charge in [0.1, 0.15) is 0 Å². The monoisotopic (exact) mass is 372 g/mol. The van der Waals surface area contributed by atoms with Gasteiger partial charge in [-0.25, -0.2) is 4.79 Å². The van der Waals surface area contributed by atoms with E-state index < -0.39 is 23.7 Å². The fourth-order valence-electron chi connectivity index (χ4n) is 1.99. The molecule has 1 heterocycles. The predicted molar refractivity (Wildman–Crippen MR) is 83.4 cm³/mol. The molecule has 0 saturated carbocycles. The van der Waals surface area contributed by atoms with Gasteiger partial charge in [0.05, 0.1) is 23.2 Å². The lowest BCUT2D eigenvalue weighted by molar-refractivity contribution is -0.138. The van der Waals surface area contributed by atoms with Crippen molar-refractivity contribution in [3.63, 3.8) is 0 Å². The van der Waals surface area contributed by atoms with Gasteiger partial charge in [-0.3, -0.25) is 4.79 Å². The second-order valence-corrected chi connectivity index (χ2v) is 5.40. The van der Waals surface area contributed by atoms with Gasteiger partial charge in [0, 0.05) is 13.6 Å². The lowest BCUT2D eigenvalue weighted by Crippen LogP contribution is -2.33. The van der Waals surface area contributed by atoms with Crippen molar-refractivity contribution < 1.29 is 32.4 Å². The summed E-state index contributed by atoms with van der Waals surface area (Å²) in [6.07, 6.45) is -4.92. The van der Waals surface area contributed by atoms with E-state index in [-0.39, 0.29) is 35.9 Å². The third kappa shape index (κ3) is 4.71. The Morgan fingerprint density at radius 3 is 2.58 bits per heavy atom. The van der Waals surface area contributed by atoms with Crippen molar-refractivity contribution in [2.24, 2.45) is 0 Å². The van der Waals surface area contributed by atoms with Crippen LogP contribution in [0.3, 0.4) is 0 Å². The summed E-state index contributed by atoms with van der Waals surface area (Å²) in [5.74, 6) is -0.888. The number of hydrogen-bond acceptors (Lipinski definition) is 5. The number of halogens is 3. The number of anilines is 1. The number of carboxylic acids is 1. The number of nitrogens with zero attached hydrogens (tertiary/aromatic N) is 3. The SMILES string of the molecule is Cc1noc(-c2ccc(C(F)(F)F)cc2NC(=O)N(C)CCC(=O)O)n1. The zero-order chi connectivity index (χ0) is 19.5. The van der Waals surface area contributed by atoms with Crippen LogP contribution in [0.15, 0.2) is 22.7 Å². The minimum absolute atomic E-state index is 0.0558. The van der Waals surface area contributed by atoms with Crippen LogP contribution in [0.5, 0.6) is 0 Å². The van der Waals surface area contributed by atoms with E-state index in [1.165, 1.54) is 14.0 Å². The zero-order valence-corrected chi connectivity index (χ0v) is 13.8. The number of nitrogens with one attached hydrogen (secondary N) is 1. The number of alkyl halides is 3. The molecular formula is C15H15F3N4O4. The van der Waals surface area contributed by atoms with Crippen LogP contribution in [0.25, 0.3) is 11.5 Å². The number of aliphatic carboxylic acids is 1. The van der Waals surface area contributed by atoms with Crippen LogP contribution in [0.1, 0.15) is 17.8 Å². The van der Waals surface area contributed by atoms with Crippen LogP contribution in [-0.4, -0.2) is 45.7 Å². The number of carbonyl (C=O) groups excluding carboxylic acids is 1. The van der Waals surface area contributed by atoms with Crippen LogP contribution in [0, 0.1) is 6.92 Å². The summed E-state index contributed by atoms with van der Waals surface area (Å²) in [6, 6.07) is 1.92. The quantitative estimate of drug-likeness (QED) is 0.835. The molecule has 2 N–H and O–H groups in total. The Hall–Kier alpha value is -3.11. The number of rotatable bonds is 5. The molecule has 11 heteroatoms. The van der Waals surface area contributed by atoms with Gasteiger partial charge in [0.15, 0.2) is 5.82 Å². The molecular weight excluding hydrogens is 357 g/mol. The maximum absolute atomic E-state index is 13.0. The summed E-state index contributed by atoms with van der Waals surface area (Å²) >= 11 is 0. The average molecular weight is 372 g/mol. The number of hydrogen-bond donors (Lipinski definition) is 2. The van der Waals surface area contributed by atoms with Crippen molar-refractivity contribution in [1.82, 2.24) is 15.0 Å². The number of aryl methyl sites for hydroxylation is 1. The summed E-state index contributed by atoms with van der Waals surface area (Å²) in [5, 5.41) is 14.5. The molecule has 2 aromatic rings. The van der Waals surface area contributed by atoms with Gasteiger partial charge in [-0.2, -0.15) is 18.2 Å². The summed E-state index contributed by atoms with van der Waals surface area (Å²) in [6.45, 7) is 1.42. The molecule has 0 spiro atoms. The first-order valence-corrected chi connectivity index (χ1v) is 7.33. The summed E-state index contributed by atoms with van der Waals surface area (Å²) < 4.78 is 43.9. The van der Waals surface area contributed by atoms with Gasteiger partial charge in [0.25, 0.3) is 5.89 Å². The van der Waals surface area contributed by atoms with Crippen molar-refractivity contribution in [3.8, 4) is 11.5 Å². The van der Waals surface area contributed by atoms with Crippen LogP contribution in [-0.2, 0) is 11.0 Å². The average Bonchev–Trinajstić information content (AvgIpc) is 2.97. The minimum Gasteiger partial charge on any atom is -0.481 e. The van der Waals surface area contributed by atoms with Crippen LogP contribution in [0.4, 0.5) is 23.7 Å². The molecule has 8 nitrogen and oxygen atoms in total. The first-order valence-electron chi connectivity index (χ1n) is 7.33. The smallest absolute Gasteiger partial charge is 0.416 e. The van der Waals surface area contributed by atoms with E-state index in [4.69, 9.17) is 9.63 Å². The molecule has 0 aliphatic rings. The third-order valence-electron chi connectivity index (χ3n) is 3.35. The highest BCUT2D eigenvalue weighted by atomic mass is 19.4. The van der Waals surface area contributed by atoms with Crippen LogP contribution < -0.4 is 5.32 Å². The molecule has 2 rings (SSSR count). The van der Waals surface area contributed by atoms with Crippen LogP contribution in [0.2, 0.25) is 0 Å². The maximum atomic E-state index is 13.0. The first kappa shape index (κ1) is 19.2. The summed E-state index contributed by atoms with van der Waals surface area (Å²) in [5.41, 5.74) is -1.05. The minimum atomic E-state index is -4.61. The fraction of sp³-hybridized carbons (Fsp3) is 0.333. The number of carboxylic acid groups (broad SMARTS) is 1. The van der Waals surface area contributed by atoms with Gasteiger partial charge >= 0.3 is 18.2 Å². The number of aromatic nitrogens is 2. The van der Waals surface area contributed by atoms with E-state index in [0.29, 0.717) is 0 Å². The zero-order valence-electron chi connectivity index (χ0n) is 13.8. The van der Waals surface area contributed by atoms with E-state index in [0.717, 1.165) is 23.1 Å². The number of urea groups is 1. The van der Waals surface area contributed by atoms with Crippen molar-refractivity contribution in [2.75, 3.05) is 18.9 Å². The topological polar surface area (TPSA) is 109 Å². The molecule has 2 amide bonds. The van der Waals surface area contributed by atoms with E-state index in [1.807, 2.05) is 0 Å². The molecule has 0 aliphatic carbocycles. The molecule has 0 radical (unpaired) electrons. The summed E-state index contributed by atoms with van der Waals surface area (Å²) in [4.78, 5) is 27.7. The van der Waals surface area contributed by atoms with Gasteiger partial charge < -0.3 is 19.8 Å². The molecule has 1 aromatic carbocycles. The number of carbonyl (C=O) groups is 2. The van der Waals surface area contributed by atoms with Gasteiger partial charge in [-0.15, -0.1) is 0 Å². The first-order chi connectivity index (χ1) is 12.1.